The molecule has 6 heteroatoms. The zero-order valence-electron chi connectivity index (χ0n) is 13.2. The fraction of sp³-hybridized carbons (Fsp3) is 0.222. The van der Waals surface area contributed by atoms with E-state index in [4.69, 9.17) is 22.1 Å². The molecule has 0 aliphatic rings. The smallest absolute Gasteiger partial charge is 0.325 e. The molecule has 0 aliphatic carbocycles. The first kappa shape index (κ1) is 16.5. The Morgan fingerprint density at radius 1 is 1.21 bits per heavy atom. The molecule has 0 bridgehead atoms. The predicted octanol–water partition coefficient (Wildman–Crippen LogP) is 2.83. The first-order valence-corrected chi connectivity index (χ1v) is 8.04. The number of fused-ring (bicyclic) bond motifs is 2. The van der Waals surface area contributed by atoms with Crippen LogP contribution in [-0.2, 0) is 22.6 Å². The molecule has 3 aromatic rings. The van der Waals surface area contributed by atoms with Crippen LogP contribution in [0.3, 0.4) is 0 Å². The monoisotopic (exact) mass is 344 g/mol. The van der Waals surface area contributed by atoms with Gasteiger partial charge in [0.15, 0.2) is 5.43 Å². The molecule has 0 spiro atoms. The lowest BCUT2D eigenvalue weighted by Gasteiger charge is -2.17. The van der Waals surface area contributed by atoms with Crippen LogP contribution in [0.15, 0.2) is 41.2 Å². The van der Waals surface area contributed by atoms with Gasteiger partial charge in [-0.05, 0) is 31.2 Å². The van der Waals surface area contributed by atoms with E-state index in [0.717, 1.165) is 0 Å². The molecule has 2 aromatic carbocycles. The number of aromatic nitrogens is 1. The number of nitrogens with zero attached hydrogens (tertiary/aromatic N) is 1. The van der Waals surface area contributed by atoms with Gasteiger partial charge < -0.3 is 15.0 Å². The first-order valence-electron chi connectivity index (χ1n) is 7.66. The number of benzene rings is 2. The highest BCUT2D eigenvalue weighted by atomic mass is 35.5. The zero-order chi connectivity index (χ0) is 17.3. The third-order valence-electron chi connectivity index (χ3n) is 3.98. The molecule has 2 N–H and O–H groups in total. The second-order valence-electron chi connectivity index (χ2n) is 5.36. The maximum absolute atomic E-state index is 12.8. The third-order valence-corrected chi connectivity index (χ3v) is 4.33. The third kappa shape index (κ3) is 2.66. The van der Waals surface area contributed by atoms with Crippen molar-refractivity contribution in [3.63, 3.8) is 0 Å². The van der Waals surface area contributed by atoms with Crippen LogP contribution in [0.5, 0.6) is 0 Å². The number of hydrogen-bond donors (Lipinski definition) is 1. The van der Waals surface area contributed by atoms with Gasteiger partial charge in [0, 0.05) is 27.9 Å². The van der Waals surface area contributed by atoms with Crippen LogP contribution >= 0.6 is 11.6 Å². The van der Waals surface area contributed by atoms with Gasteiger partial charge in [0.2, 0.25) is 0 Å². The van der Waals surface area contributed by atoms with E-state index in [9.17, 15) is 9.59 Å². The topological polar surface area (TPSA) is 74.3 Å². The summed E-state index contributed by atoms with van der Waals surface area (Å²) < 4.78 is 6.84. The lowest BCUT2D eigenvalue weighted by atomic mass is 10.0. The van der Waals surface area contributed by atoms with Gasteiger partial charge in [-0.3, -0.25) is 9.59 Å². The number of para-hydroxylation sites is 1. The summed E-state index contributed by atoms with van der Waals surface area (Å²) >= 11 is 6.27. The van der Waals surface area contributed by atoms with Crippen molar-refractivity contribution in [3.8, 4) is 0 Å². The van der Waals surface area contributed by atoms with E-state index in [2.05, 4.69) is 0 Å². The molecule has 1 aromatic heterocycles. The van der Waals surface area contributed by atoms with Gasteiger partial charge in [-0.1, -0.05) is 23.7 Å². The number of hydrogen-bond acceptors (Lipinski definition) is 4. The van der Waals surface area contributed by atoms with Crippen molar-refractivity contribution < 1.29 is 9.53 Å². The van der Waals surface area contributed by atoms with Gasteiger partial charge in [-0.25, -0.2) is 0 Å². The quantitative estimate of drug-likeness (QED) is 0.583. The first-order chi connectivity index (χ1) is 11.6. The molecular weight excluding hydrogens is 328 g/mol. The van der Waals surface area contributed by atoms with Crippen LogP contribution in [0.2, 0.25) is 5.02 Å². The normalized spacial score (nSPS) is 11.1. The highest BCUT2D eigenvalue weighted by molar-refractivity contribution is 6.32. The Hall–Kier alpha value is -2.37. The Balaban J connectivity index is 2.46. The van der Waals surface area contributed by atoms with Crippen LogP contribution in [0.1, 0.15) is 12.5 Å². The maximum Gasteiger partial charge on any atom is 0.325 e. The molecule has 0 saturated carbocycles. The van der Waals surface area contributed by atoms with Crippen LogP contribution < -0.4 is 11.2 Å². The minimum absolute atomic E-state index is 0.0154. The molecule has 24 heavy (non-hydrogen) atoms. The Morgan fingerprint density at radius 2 is 1.96 bits per heavy atom. The molecule has 0 radical (unpaired) electrons. The predicted molar refractivity (Wildman–Crippen MR) is 95.2 cm³/mol. The second kappa shape index (κ2) is 6.63. The maximum atomic E-state index is 12.8. The summed E-state index contributed by atoms with van der Waals surface area (Å²) in [7, 11) is 0. The van der Waals surface area contributed by atoms with E-state index < -0.39 is 0 Å². The largest absolute Gasteiger partial charge is 0.465 e. The van der Waals surface area contributed by atoms with Crippen molar-refractivity contribution in [2.24, 2.45) is 5.73 Å². The fourth-order valence-corrected chi connectivity index (χ4v) is 3.19. The Bertz CT molecular complexity index is 995. The van der Waals surface area contributed by atoms with Gasteiger partial charge in [0.05, 0.1) is 17.6 Å². The van der Waals surface area contributed by atoms with Crippen molar-refractivity contribution in [2.75, 3.05) is 6.61 Å². The molecule has 124 valence electrons. The van der Waals surface area contributed by atoms with Gasteiger partial charge >= 0.3 is 5.97 Å². The van der Waals surface area contributed by atoms with E-state index in [0.29, 0.717) is 39.0 Å². The van der Waals surface area contributed by atoms with E-state index in [1.165, 1.54) is 0 Å². The SMILES string of the molecule is CCOC(=O)Cn1c2ccccc2c(=O)c2ccc(Cl)c(CN)c21. The van der Waals surface area contributed by atoms with Crippen LogP contribution in [0, 0.1) is 0 Å². The van der Waals surface area contributed by atoms with Crippen molar-refractivity contribution in [3.05, 3.63) is 57.2 Å². The number of ether oxygens (including phenoxy) is 1. The van der Waals surface area contributed by atoms with Crippen molar-refractivity contribution in [2.45, 2.75) is 20.0 Å². The summed E-state index contributed by atoms with van der Waals surface area (Å²) in [6.45, 7) is 2.19. The number of pyridine rings is 1. The van der Waals surface area contributed by atoms with E-state index in [-0.39, 0.29) is 24.5 Å². The highest BCUT2D eigenvalue weighted by Crippen LogP contribution is 2.27. The summed E-state index contributed by atoms with van der Waals surface area (Å²) in [4.78, 5) is 24.9. The summed E-state index contributed by atoms with van der Waals surface area (Å²) in [5.41, 5.74) is 7.63. The number of carbonyl (C=O) groups excluding carboxylic acids is 1. The van der Waals surface area contributed by atoms with Gasteiger partial charge in [-0.15, -0.1) is 0 Å². The Labute approximate surface area is 143 Å². The molecule has 0 unspecified atom stereocenters. The van der Waals surface area contributed by atoms with Crippen LogP contribution in [0.4, 0.5) is 0 Å². The van der Waals surface area contributed by atoms with Crippen LogP contribution in [0.25, 0.3) is 21.8 Å². The molecule has 5 nitrogen and oxygen atoms in total. The Morgan fingerprint density at radius 3 is 2.67 bits per heavy atom. The van der Waals surface area contributed by atoms with Gasteiger partial charge in [-0.2, -0.15) is 0 Å². The summed E-state index contributed by atoms with van der Waals surface area (Å²) in [5.74, 6) is -0.379. The van der Waals surface area contributed by atoms with Crippen molar-refractivity contribution in [1.82, 2.24) is 4.57 Å². The summed E-state index contributed by atoms with van der Waals surface area (Å²) in [5, 5.41) is 1.50. The number of rotatable bonds is 4. The number of esters is 1. The Kier molecular flexibility index (Phi) is 4.55. The molecule has 1 heterocycles. The molecule has 0 aliphatic heterocycles. The molecule has 0 amide bonds. The highest BCUT2D eigenvalue weighted by Gasteiger charge is 2.17. The minimum atomic E-state index is -0.379. The zero-order valence-corrected chi connectivity index (χ0v) is 14.0. The standard InChI is InChI=1S/C18H17ClN2O3/c1-2-24-16(22)10-21-15-6-4-3-5-11(15)18(23)12-7-8-14(19)13(9-20)17(12)21/h3-8H,2,9-10,20H2,1H3. The molecule has 0 atom stereocenters. The minimum Gasteiger partial charge on any atom is -0.465 e. The molecule has 3 rings (SSSR count). The fourth-order valence-electron chi connectivity index (χ4n) is 2.96. The second-order valence-corrected chi connectivity index (χ2v) is 5.77. The lowest BCUT2D eigenvalue weighted by Crippen LogP contribution is -2.19. The average Bonchev–Trinajstić information content (AvgIpc) is 2.58. The summed E-state index contributed by atoms with van der Waals surface area (Å²) in [6, 6.07) is 10.5. The lowest BCUT2D eigenvalue weighted by molar-refractivity contribution is -0.143. The number of nitrogens with two attached hydrogens (primary N) is 1. The van der Waals surface area contributed by atoms with Gasteiger partial charge in [0.25, 0.3) is 0 Å². The summed E-state index contributed by atoms with van der Waals surface area (Å²) in [6.07, 6.45) is 0. The van der Waals surface area contributed by atoms with Crippen molar-refractivity contribution >= 4 is 39.4 Å². The van der Waals surface area contributed by atoms with Crippen molar-refractivity contribution in [1.29, 1.82) is 0 Å². The van der Waals surface area contributed by atoms with E-state index >= 15 is 0 Å². The number of halogens is 1. The molecule has 0 saturated heterocycles. The van der Waals surface area contributed by atoms with Gasteiger partial charge in [0.1, 0.15) is 6.54 Å². The average molecular weight is 345 g/mol. The van der Waals surface area contributed by atoms with E-state index in [1.807, 2.05) is 6.07 Å². The van der Waals surface area contributed by atoms with E-state index in [1.54, 1.807) is 41.8 Å². The number of carbonyl (C=O) groups is 1. The molecular formula is C18H17ClN2O3. The molecule has 0 fully saturated rings. The van der Waals surface area contributed by atoms with Crippen LogP contribution in [-0.4, -0.2) is 17.1 Å².